The second-order valence-corrected chi connectivity index (χ2v) is 6.93. The highest BCUT2D eigenvalue weighted by Crippen LogP contribution is 2.36. The third kappa shape index (κ3) is 3.59. The predicted molar refractivity (Wildman–Crippen MR) is 94.9 cm³/mol. The highest BCUT2D eigenvalue weighted by Gasteiger charge is 2.33. The van der Waals surface area contributed by atoms with Gasteiger partial charge in [-0.05, 0) is 43.4 Å². The van der Waals surface area contributed by atoms with Gasteiger partial charge in [-0.2, -0.15) is 0 Å². The van der Waals surface area contributed by atoms with Crippen LogP contribution in [-0.4, -0.2) is 43.7 Å². The summed E-state index contributed by atoms with van der Waals surface area (Å²) in [6.07, 6.45) is -0.142. The number of aliphatic hydroxyl groups excluding tert-OH is 1. The zero-order valence-corrected chi connectivity index (χ0v) is 14.9. The fourth-order valence-corrected chi connectivity index (χ4v) is 3.35. The second kappa shape index (κ2) is 6.93. The molecular weight excluding hydrogens is 375 g/mol. The fraction of sp³-hybridized carbons (Fsp3) is 0.389. The van der Waals surface area contributed by atoms with Crippen LogP contribution < -0.4 is 10.1 Å². The molecule has 0 radical (unpaired) electrons. The number of ether oxygens (including phenoxy) is 1. The van der Waals surface area contributed by atoms with E-state index in [0.717, 1.165) is 12.8 Å². The van der Waals surface area contributed by atoms with Crippen molar-refractivity contribution in [2.75, 3.05) is 11.9 Å². The first-order chi connectivity index (χ1) is 13.3. The number of fused-ring (bicyclic) bond motifs is 1. The number of anilines is 1. The molecule has 28 heavy (non-hydrogen) atoms. The maximum absolute atomic E-state index is 12.8. The molecule has 1 aliphatic rings. The fourth-order valence-electron chi connectivity index (χ4n) is 3.35. The Morgan fingerprint density at radius 3 is 2.79 bits per heavy atom. The molecule has 0 atom stereocenters. The van der Waals surface area contributed by atoms with Crippen molar-refractivity contribution in [1.29, 1.82) is 0 Å². The summed E-state index contributed by atoms with van der Waals surface area (Å²) in [5.41, 5.74) is 1.55. The number of nitrogens with zero attached hydrogens (tertiary/aromatic N) is 4. The summed E-state index contributed by atoms with van der Waals surface area (Å²) in [4.78, 5) is 4.09. The van der Waals surface area contributed by atoms with Crippen molar-refractivity contribution in [2.45, 2.75) is 32.2 Å². The third-order valence-corrected chi connectivity index (χ3v) is 4.80. The van der Waals surface area contributed by atoms with E-state index in [9.17, 15) is 13.2 Å². The first-order valence-corrected chi connectivity index (χ1v) is 8.77. The Balaban J connectivity index is 1.71. The van der Waals surface area contributed by atoms with Gasteiger partial charge in [-0.25, -0.2) is 4.98 Å². The number of hydrogen-bond acceptors (Lipinski definition) is 6. The number of hydrogen-bond donors (Lipinski definition) is 2. The van der Waals surface area contributed by atoms with Gasteiger partial charge in [-0.15, -0.1) is 23.4 Å². The minimum Gasteiger partial charge on any atom is -0.405 e. The molecule has 3 aromatic rings. The van der Waals surface area contributed by atoms with Crippen LogP contribution in [0.3, 0.4) is 0 Å². The molecule has 1 fully saturated rings. The van der Waals surface area contributed by atoms with Crippen LogP contribution in [0.15, 0.2) is 30.7 Å². The summed E-state index contributed by atoms with van der Waals surface area (Å²) in [5, 5.41) is 20.7. The first-order valence-electron chi connectivity index (χ1n) is 8.77. The Bertz CT molecular complexity index is 999. The van der Waals surface area contributed by atoms with E-state index in [1.165, 1.54) is 24.7 Å². The van der Waals surface area contributed by atoms with Gasteiger partial charge in [0.25, 0.3) is 0 Å². The van der Waals surface area contributed by atoms with Gasteiger partial charge in [0.2, 0.25) is 5.95 Å². The monoisotopic (exact) mass is 393 g/mol. The lowest BCUT2D eigenvalue weighted by molar-refractivity contribution is -0.274. The van der Waals surface area contributed by atoms with Crippen LogP contribution >= 0.6 is 0 Å². The van der Waals surface area contributed by atoms with Crippen molar-refractivity contribution >= 4 is 11.5 Å². The van der Waals surface area contributed by atoms with Crippen LogP contribution in [0, 0.1) is 12.8 Å². The van der Waals surface area contributed by atoms with E-state index < -0.39 is 6.36 Å². The van der Waals surface area contributed by atoms with Crippen molar-refractivity contribution in [3.63, 3.8) is 0 Å². The second-order valence-electron chi connectivity index (χ2n) is 6.93. The summed E-state index contributed by atoms with van der Waals surface area (Å²) in [6, 6.07) is 4.68. The van der Waals surface area contributed by atoms with Crippen molar-refractivity contribution in [2.24, 2.45) is 5.92 Å². The number of aliphatic hydroxyl groups is 1. The molecule has 4 rings (SSSR count). The number of nitrogens with one attached hydrogen (secondary N) is 1. The maximum Gasteiger partial charge on any atom is 0.573 e. The van der Waals surface area contributed by atoms with Crippen molar-refractivity contribution in [3.8, 4) is 17.0 Å². The molecule has 0 unspecified atom stereocenters. The SMILES string of the molecule is Cc1ccc(-c2nnc(NC3CC(CO)C3)n3cncc23)c(OC(F)(F)F)c1. The van der Waals surface area contributed by atoms with Gasteiger partial charge in [0.1, 0.15) is 17.8 Å². The van der Waals surface area contributed by atoms with Crippen molar-refractivity contribution < 1.29 is 23.0 Å². The van der Waals surface area contributed by atoms with Crippen LogP contribution in [-0.2, 0) is 0 Å². The van der Waals surface area contributed by atoms with Crippen LogP contribution in [0.5, 0.6) is 5.75 Å². The molecule has 2 N–H and O–H groups in total. The number of imidazole rings is 1. The Hall–Kier alpha value is -2.88. The van der Waals surface area contributed by atoms with Gasteiger partial charge in [-0.1, -0.05) is 6.07 Å². The van der Waals surface area contributed by atoms with Crippen LogP contribution in [0.4, 0.5) is 19.1 Å². The van der Waals surface area contributed by atoms with Gasteiger partial charge < -0.3 is 15.2 Å². The maximum atomic E-state index is 12.8. The van der Waals surface area contributed by atoms with Crippen LogP contribution in [0.25, 0.3) is 16.8 Å². The van der Waals surface area contributed by atoms with E-state index in [1.54, 1.807) is 17.4 Å². The number of alkyl halides is 3. The largest absolute Gasteiger partial charge is 0.573 e. The highest BCUT2D eigenvalue weighted by molar-refractivity contribution is 5.81. The Kier molecular flexibility index (Phi) is 4.58. The normalized spacial score (nSPS) is 19.5. The average molecular weight is 393 g/mol. The van der Waals surface area contributed by atoms with E-state index in [4.69, 9.17) is 5.11 Å². The van der Waals surface area contributed by atoms with E-state index in [2.05, 4.69) is 25.2 Å². The quantitative estimate of drug-likeness (QED) is 0.693. The predicted octanol–water partition coefficient (Wildman–Crippen LogP) is 3.18. The van der Waals surface area contributed by atoms with E-state index in [1.807, 2.05) is 0 Å². The van der Waals surface area contributed by atoms with Gasteiger partial charge in [0.15, 0.2) is 0 Å². The molecule has 10 heteroatoms. The zero-order chi connectivity index (χ0) is 19.9. The Morgan fingerprint density at radius 1 is 1.29 bits per heavy atom. The number of benzene rings is 1. The summed E-state index contributed by atoms with van der Waals surface area (Å²) in [5.74, 6) is 0.385. The molecule has 0 aliphatic heterocycles. The Labute approximate surface area is 158 Å². The summed E-state index contributed by atoms with van der Waals surface area (Å²) in [7, 11) is 0. The lowest BCUT2D eigenvalue weighted by Crippen LogP contribution is -2.38. The average Bonchev–Trinajstić information content (AvgIpc) is 3.07. The molecule has 7 nitrogen and oxygen atoms in total. The Morgan fingerprint density at radius 2 is 2.07 bits per heavy atom. The zero-order valence-electron chi connectivity index (χ0n) is 14.9. The summed E-state index contributed by atoms with van der Waals surface area (Å²) in [6.45, 7) is 1.83. The minimum atomic E-state index is -4.82. The van der Waals surface area contributed by atoms with Crippen LogP contribution in [0.1, 0.15) is 18.4 Å². The van der Waals surface area contributed by atoms with Gasteiger partial charge in [0.05, 0.1) is 11.7 Å². The lowest BCUT2D eigenvalue weighted by Gasteiger charge is -2.34. The smallest absolute Gasteiger partial charge is 0.405 e. The molecule has 0 amide bonds. The molecule has 1 aliphatic carbocycles. The molecule has 1 saturated carbocycles. The minimum absolute atomic E-state index is 0.151. The molecule has 1 aromatic carbocycles. The summed E-state index contributed by atoms with van der Waals surface area (Å²) < 4.78 is 44.3. The number of aromatic nitrogens is 4. The van der Waals surface area contributed by atoms with Crippen molar-refractivity contribution in [3.05, 3.63) is 36.3 Å². The molecule has 0 bridgehead atoms. The number of rotatable bonds is 5. The lowest BCUT2D eigenvalue weighted by atomic mass is 9.81. The van der Waals surface area contributed by atoms with Crippen LogP contribution in [0.2, 0.25) is 0 Å². The number of aryl methyl sites for hydroxylation is 1. The summed E-state index contributed by atoms with van der Waals surface area (Å²) >= 11 is 0. The van der Waals surface area contributed by atoms with Gasteiger partial charge >= 0.3 is 6.36 Å². The van der Waals surface area contributed by atoms with E-state index in [-0.39, 0.29) is 35.6 Å². The topological polar surface area (TPSA) is 84.6 Å². The molecule has 2 heterocycles. The first kappa shape index (κ1) is 18.5. The van der Waals surface area contributed by atoms with E-state index in [0.29, 0.717) is 17.0 Å². The standard InChI is InChI=1S/C18H18F3N5O2/c1-10-2-3-13(15(4-10)28-18(19,20)21)16-14-7-22-9-26(14)17(25-24-16)23-12-5-11(6-12)8-27/h2-4,7,9,11-12,27H,5-6,8H2,1H3,(H,23,25). The highest BCUT2D eigenvalue weighted by atomic mass is 19.4. The van der Waals surface area contributed by atoms with E-state index >= 15 is 0 Å². The van der Waals surface area contributed by atoms with Gasteiger partial charge in [-0.3, -0.25) is 4.40 Å². The number of halogens is 3. The molecule has 0 saturated heterocycles. The molecule has 0 spiro atoms. The van der Waals surface area contributed by atoms with Crippen molar-refractivity contribution in [1.82, 2.24) is 19.6 Å². The molecule has 2 aromatic heterocycles. The molecule has 148 valence electrons. The third-order valence-electron chi connectivity index (χ3n) is 4.80. The van der Waals surface area contributed by atoms with Gasteiger partial charge in [0, 0.05) is 18.2 Å². The molecular formula is C18H18F3N5O2.